The lowest BCUT2D eigenvalue weighted by Gasteiger charge is -2.15. The third kappa shape index (κ3) is 2.94. The third-order valence-electron chi connectivity index (χ3n) is 3.33. The van der Waals surface area contributed by atoms with Gasteiger partial charge in [-0.3, -0.25) is 4.79 Å². The van der Waals surface area contributed by atoms with Crippen molar-refractivity contribution >= 4 is 49.9 Å². The molecule has 2 heterocycles. The molecule has 1 aromatic carbocycles. The van der Waals surface area contributed by atoms with Crippen molar-refractivity contribution in [1.82, 2.24) is 9.97 Å². The largest absolute Gasteiger partial charge is 0.298 e. The highest BCUT2D eigenvalue weighted by atomic mass is 32.2. The van der Waals surface area contributed by atoms with Crippen molar-refractivity contribution in [2.45, 2.75) is 25.9 Å². The molecule has 108 valence electrons. The molecule has 21 heavy (non-hydrogen) atoms. The van der Waals surface area contributed by atoms with Gasteiger partial charge in [-0.1, -0.05) is 32.5 Å². The highest BCUT2D eigenvalue weighted by Gasteiger charge is 2.21. The van der Waals surface area contributed by atoms with E-state index in [0.29, 0.717) is 10.9 Å². The van der Waals surface area contributed by atoms with E-state index >= 15 is 0 Å². The number of carbonyl (C=O) groups is 1. The summed E-state index contributed by atoms with van der Waals surface area (Å²) in [5.74, 6) is 0.624. The van der Waals surface area contributed by atoms with Gasteiger partial charge >= 0.3 is 0 Å². The van der Waals surface area contributed by atoms with Gasteiger partial charge in [-0.2, -0.15) is 0 Å². The molecule has 0 aliphatic heterocycles. The molecule has 0 fully saturated rings. The van der Waals surface area contributed by atoms with Crippen molar-refractivity contribution in [3.63, 3.8) is 0 Å². The molecule has 0 saturated heterocycles. The van der Waals surface area contributed by atoms with E-state index in [1.807, 2.05) is 33.0 Å². The van der Waals surface area contributed by atoms with Crippen LogP contribution in [0, 0.1) is 5.41 Å². The van der Waals surface area contributed by atoms with Crippen LogP contribution in [0.5, 0.6) is 0 Å². The first-order chi connectivity index (χ1) is 9.95. The van der Waals surface area contributed by atoms with Gasteiger partial charge in [0.1, 0.15) is 5.78 Å². The van der Waals surface area contributed by atoms with Gasteiger partial charge in [0.25, 0.3) is 0 Å². The summed E-state index contributed by atoms with van der Waals surface area (Å²) in [7, 11) is 0. The molecule has 0 spiro atoms. The normalized spacial score (nSPS) is 12.1. The highest BCUT2D eigenvalue weighted by molar-refractivity contribution is 7.99. The summed E-state index contributed by atoms with van der Waals surface area (Å²) in [6.45, 7) is 5.81. The maximum absolute atomic E-state index is 12.0. The molecule has 5 heteroatoms. The summed E-state index contributed by atoms with van der Waals surface area (Å²) in [6.07, 6.45) is 1.84. The van der Waals surface area contributed by atoms with Gasteiger partial charge in [0.05, 0.1) is 11.3 Å². The molecule has 0 radical (unpaired) electrons. The lowest BCUT2D eigenvalue weighted by molar-refractivity contribution is -0.123. The maximum Gasteiger partial charge on any atom is 0.188 e. The predicted octanol–water partition coefficient (Wildman–Crippen LogP) is 4.55. The van der Waals surface area contributed by atoms with E-state index in [1.165, 1.54) is 16.5 Å². The van der Waals surface area contributed by atoms with Crippen molar-refractivity contribution in [3.8, 4) is 0 Å². The van der Waals surface area contributed by atoms with Crippen molar-refractivity contribution < 1.29 is 4.79 Å². The molecule has 0 aliphatic rings. The summed E-state index contributed by atoms with van der Waals surface area (Å²) in [5.41, 5.74) is 0.652. The Morgan fingerprint density at radius 3 is 2.86 bits per heavy atom. The van der Waals surface area contributed by atoms with E-state index in [2.05, 4.69) is 27.5 Å². The highest BCUT2D eigenvalue weighted by Crippen LogP contribution is 2.29. The third-order valence-corrected chi connectivity index (χ3v) is 5.07. The van der Waals surface area contributed by atoms with Crippen LogP contribution in [0.4, 0.5) is 0 Å². The van der Waals surface area contributed by atoms with Crippen LogP contribution in [0.25, 0.3) is 21.0 Å². The Bertz CT molecular complexity index is 818. The zero-order valence-corrected chi connectivity index (χ0v) is 13.8. The van der Waals surface area contributed by atoms with Crippen LogP contribution in [0.3, 0.4) is 0 Å². The summed E-state index contributed by atoms with van der Waals surface area (Å²) < 4.78 is 1.22. The minimum absolute atomic E-state index is 0.213. The Hall–Kier alpha value is -1.46. The van der Waals surface area contributed by atoms with Gasteiger partial charge in [-0.25, -0.2) is 9.97 Å². The Labute approximate surface area is 131 Å². The number of fused-ring (bicyclic) bond motifs is 3. The molecule has 0 bridgehead atoms. The average molecular weight is 316 g/mol. The number of nitrogens with zero attached hydrogens (tertiary/aromatic N) is 2. The first kappa shape index (κ1) is 14.5. The number of aromatic nitrogens is 2. The molecule has 0 N–H and O–H groups in total. The standard InChI is InChI=1S/C16H16N2OS2/c1-16(2,3)13(19)9-21-15-17-8-10-4-5-12-11(6-7-20-12)14(10)18-15/h4-8H,9H2,1-3H3. The van der Waals surface area contributed by atoms with Gasteiger partial charge in [-0.15, -0.1) is 11.3 Å². The van der Waals surface area contributed by atoms with Crippen molar-refractivity contribution in [2.75, 3.05) is 5.75 Å². The minimum atomic E-state index is -0.315. The number of carbonyl (C=O) groups excluding carboxylic acids is 1. The number of hydrogen-bond acceptors (Lipinski definition) is 5. The number of rotatable bonds is 3. The maximum atomic E-state index is 12.0. The number of thioether (sulfide) groups is 1. The molecular formula is C16H16N2OS2. The van der Waals surface area contributed by atoms with Crippen LogP contribution >= 0.6 is 23.1 Å². The molecule has 0 unspecified atom stereocenters. The number of benzene rings is 1. The van der Waals surface area contributed by atoms with Crippen LogP contribution in [-0.4, -0.2) is 21.5 Å². The summed E-state index contributed by atoms with van der Waals surface area (Å²) in [4.78, 5) is 21.0. The summed E-state index contributed by atoms with van der Waals surface area (Å²) in [6, 6.07) is 6.23. The van der Waals surface area contributed by atoms with Crippen molar-refractivity contribution in [3.05, 3.63) is 29.8 Å². The van der Waals surface area contributed by atoms with E-state index in [4.69, 9.17) is 0 Å². The molecule has 3 aromatic rings. The number of hydrogen-bond donors (Lipinski definition) is 0. The van der Waals surface area contributed by atoms with Gasteiger partial charge in [0.2, 0.25) is 0 Å². The Kier molecular flexibility index (Phi) is 3.71. The van der Waals surface area contributed by atoms with Gasteiger partial charge in [0.15, 0.2) is 5.16 Å². The van der Waals surface area contributed by atoms with E-state index in [1.54, 1.807) is 11.3 Å². The van der Waals surface area contributed by atoms with Gasteiger partial charge in [-0.05, 0) is 23.6 Å². The molecule has 2 aromatic heterocycles. The van der Waals surface area contributed by atoms with E-state index < -0.39 is 0 Å². The Morgan fingerprint density at radius 2 is 2.10 bits per heavy atom. The lowest BCUT2D eigenvalue weighted by Crippen LogP contribution is -2.22. The van der Waals surface area contributed by atoms with Crippen LogP contribution < -0.4 is 0 Å². The summed E-state index contributed by atoms with van der Waals surface area (Å²) >= 11 is 3.12. The average Bonchev–Trinajstić information content (AvgIpc) is 2.92. The molecule has 0 atom stereocenters. The smallest absolute Gasteiger partial charge is 0.188 e. The van der Waals surface area contributed by atoms with E-state index in [0.717, 1.165) is 16.3 Å². The zero-order valence-electron chi connectivity index (χ0n) is 12.2. The van der Waals surface area contributed by atoms with E-state index in [-0.39, 0.29) is 11.2 Å². The van der Waals surface area contributed by atoms with Gasteiger partial charge in [0, 0.05) is 27.1 Å². The first-order valence-corrected chi connectivity index (χ1v) is 8.61. The zero-order chi connectivity index (χ0) is 15.0. The summed E-state index contributed by atoms with van der Waals surface area (Å²) in [5, 5.41) is 4.93. The number of thiophene rings is 1. The van der Waals surface area contributed by atoms with Crippen LogP contribution in [0.2, 0.25) is 0 Å². The molecule has 3 rings (SSSR count). The monoisotopic (exact) mass is 316 g/mol. The minimum Gasteiger partial charge on any atom is -0.298 e. The Balaban J connectivity index is 1.92. The molecule has 3 nitrogen and oxygen atoms in total. The molecule has 0 saturated carbocycles. The number of Topliss-reactive ketones (excluding diaryl/α,β-unsaturated/α-hetero) is 1. The quantitative estimate of drug-likeness (QED) is 0.525. The topological polar surface area (TPSA) is 42.9 Å². The van der Waals surface area contributed by atoms with Crippen molar-refractivity contribution in [2.24, 2.45) is 5.41 Å². The van der Waals surface area contributed by atoms with Crippen LogP contribution in [-0.2, 0) is 4.79 Å². The van der Waals surface area contributed by atoms with Crippen LogP contribution in [0.1, 0.15) is 20.8 Å². The number of ketones is 1. The van der Waals surface area contributed by atoms with Gasteiger partial charge < -0.3 is 0 Å². The molecule has 0 amide bonds. The fraction of sp³-hybridized carbons (Fsp3) is 0.312. The molecular weight excluding hydrogens is 300 g/mol. The van der Waals surface area contributed by atoms with E-state index in [9.17, 15) is 4.79 Å². The Morgan fingerprint density at radius 1 is 1.29 bits per heavy atom. The fourth-order valence-corrected chi connectivity index (χ4v) is 3.71. The fourth-order valence-electron chi connectivity index (χ4n) is 1.94. The first-order valence-electron chi connectivity index (χ1n) is 6.74. The van der Waals surface area contributed by atoms with Crippen molar-refractivity contribution in [1.29, 1.82) is 0 Å². The lowest BCUT2D eigenvalue weighted by atomic mass is 9.92. The molecule has 0 aliphatic carbocycles. The second-order valence-corrected chi connectivity index (χ2v) is 7.84. The predicted molar refractivity (Wildman–Crippen MR) is 90.1 cm³/mol. The van der Waals surface area contributed by atoms with Crippen LogP contribution in [0.15, 0.2) is 34.9 Å². The second kappa shape index (κ2) is 5.39. The second-order valence-electron chi connectivity index (χ2n) is 5.95. The SMILES string of the molecule is CC(C)(C)C(=O)CSc1ncc2ccc3sccc3c2n1.